The lowest BCUT2D eigenvalue weighted by atomic mass is 9.99. The Balaban J connectivity index is 1.02. The zero-order chi connectivity index (χ0) is 31.1. The Labute approximate surface area is 263 Å². The van der Waals surface area contributed by atoms with Crippen molar-refractivity contribution in [3.05, 3.63) is 72.6 Å². The molecular weight excluding hydrogens is 566 g/mol. The average molecular weight is 608 g/mol. The second kappa shape index (κ2) is 12.2. The molecule has 5 atom stereocenters. The van der Waals surface area contributed by atoms with Crippen LogP contribution in [0.25, 0.3) is 33.6 Å². The molecule has 1 saturated carbocycles. The highest BCUT2D eigenvalue weighted by molar-refractivity contribution is 5.86. The molecule has 2 aromatic carbocycles. The van der Waals surface area contributed by atoms with Crippen molar-refractivity contribution in [1.82, 2.24) is 35.5 Å². The number of methoxy groups -OCH3 is 1. The molecule has 10 nitrogen and oxygen atoms in total. The number of piperidine rings is 1. The summed E-state index contributed by atoms with van der Waals surface area (Å²) in [6, 6.07) is 17.2. The molecule has 4 N–H and O–H groups in total. The number of imidazole rings is 2. The Morgan fingerprint density at radius 2 is 1.47 bits per heavy atom. The monoisotopic (exact) mass is 607 g/mol. The van der Waals surface area contributed by atoms with E-state index in [1.54, 1.807) is 0 Å². The number of aromatic amines is 2. The number of amides is 2. The summed E-state index contributed by atoms with van der Waals surface area (Å²) >= 11 is 0. The van der Waals surface area contributed by atoms with Gasteiger partial charge in [-0.25, -0.2) is 14.8 Å². The summed E-state index contributed by atoms with van der Waals surface area (Å²) in [6.45, 7) is 4.46. The molecule has 1 aliphatic carbocycles. The molecule has 2 amide bonds. The molecular formula is C35H41N7O3. The third-order valence-corrected chi connectivity index (χ3v) is 9.81. The van der Waals surface area contributed by atoms with E-state index in [0.29, 0.717) is 24.5 Å². The van der Waals surface area contributed by atoms with Crippen molar-refractivity contribution in [2.24, 2.45) is 11.8 Å². The van der Waals surface area contributed by atoms with Gasteiger partial charge < -0.3 is 30.2 Å². The minimum atomic E-state index is -0.657. The summed E-state index contributed by atoms with van der Waals surface area (Å²) in [6.07, 6.45) is 8.73. The van der Waals surface area contributed by atoms with Crippen molar-refractivity contribution in [2.75, 3.05) is 13.7 Å². The summed E-state index contributed by atoms with van der Waals surface area (Å²) in [5.74, 6) is 2.33. The summed E-state index contributed by atoms with van der Waals surface area (Å²) in [4.78, 5) is 43.6. The van der Waals surface area contributed by atoms with Crippen LogP contribution in [0.1, 0.15) is 69.7 Å². The minimum Gasteiger partial charge on any atom is -0.453 e. The number of ether oxygens (including phenoxy) is 1. The predicted octanol–water partition coefficient (Wildman–Crippen LogP) is 5.99. The number of alkyl carbamates (subject to hydrolysis) is 1. The highest BCUT2D eigenvalue weighted by Gasteiger charge is 2.41. The molecule has 3 unspecified atom stereocenters. The van der Waals surface area contributed by atoms with E-state index in [4.69, 9.17) is 9.72 Å². The lowest BCUT2D eigenvalue weighted by Crippen LogP contribution is -2.51. The highest BCUT2D eigenvalue weighted by Crippen LogP contribution is 2.42. The van der Waals surface area contributed by atoms with Crippen LogP contribution < -0.4 is 10.6 Å². The average Bonchev–Trinajstić information content (AvgIpc) is 3.91. The fourth-order valence-electron chi connectivity index (χ4n) is 7.33. The molecule has 2 aliphatic heterocycles. The van der Waals surface area contributed by atoms with E-state index < -0.39 is 12.1 Å². The summed E-state index contributed by atoms with van der Waals surface area (Å²) in [7, 11) is 1.30. The van der Waals surface area contributed by atoms with Crippen molar-refractivity contribution in [2.45, 2.75) is 70.1 Å². The van der Waals surface area contributed by atoms with E-state index in [-0.39, 0.29) is 17.9 Å². The van der Waals surface area contributed by atoms with Gasteiger partial charge in [-0.15, -0.1) is 0 Å². The molecule has 2 aromatic heterocycles. The molecule has 10 heteroatoms. The first-order valence-corrected chi connectivity index (χ1v) is 16.1. The molecule has 7 rings (SSSR count). The van der Waals surface area contributed by atoms with E-state index in [9.17, 15) is 9.59 Å². The van der Waals surface area contributed by atoms with Crippen LogP contribution in [0.4, 0.5) is 4.79 Å². The molecule has 4 heterocycles. The summed E-state index contributed by atoms with van der Waals surface area (Å²) in [5, 5.41) is 6.43. The normalized spacial score (nSPS) is 23.1. The number of H-pyrrole nitrogens is 2. The molecule has 2 saturated heterocycles. The number of benzene rings is 2. The van der Waals surface area contributed by atoms with E-state index in [1.807, 2.05) is 31.1 Å². The van der Waals surface area contributed by atoms with Crippen LogP contribution in [0.3, 0.4) is 0 Å². The molecule has 0 radical (unpaired) electrons. The number of aromatic nitrogens is 4. The van der Waals surface area contributed by atoms with Crippen molar-refractivity contribution >= 4 is 12.0 Å². The Morgan fingerprint density at radius 3 is 2.02 bits per heavy atom. The minimum absolute atomic E-state index is 0.0766. The number of rotatable bonds is 8. The van der Waals surface area contributed by atoms with Crippen molar-refractivity contribution in [3.8, 4) is 33.6 Å². The second-order valence-corrected chi connectivity index (χ2v) is 13.0. The van der Waals surface area contributed by atoms with Gasteiger partial charge in [0.15, 0.2) is 0 Å². The molecule has 45 heavy (non-hydrogen) atoms. The van der Waals surface area contributed by atoms with Gasteiger partial charge in [-0.2, -0.15) is 0 Å². The van der Waals surface area contributed by atoms with E-state index in [1.165, 1.54) is 26.4 Å². The summed E-state index contributed by atoms with van der Waals surface area (Å²) < 4.78 is 4.75. The van der Waals surface area contributed by atoms with Gasteiger partial charge >= 0.3 is 6.09 Å². The SMILES string of the molecule is COC(=O)N[C@H](C(=O)N1CCC[C@H]1c1ncc(-c2ccc(-c3ccc(-c4cnc(C5NC6CCC5C6)[nH]4)cc3)cc2)[nH]1)C(C)C. The molecule has 3 fully saturated rings. The van der Waals surface area contributed by atoms with Crippen LogP contribution in [0.2, 0.25) is 0 Å². The number of fused-ring (bicyclic) bond motifs is 2. The molecule has 2 bridgehead atoms. The van der Waals surface area contributed by atoms with Crippen LogP contribution in [-0.2, 0) is 9.53 Å². The molecule has 4 aromatic rings. The maximum absolute atomic E-state index is 13.5. The van der Waals surface area contributed by atoms with Crippen molar-refractivity contribution in [1.29, 1.82) is 0 Å². The van der Waals surface area contributed by atoms with Gasteiger partial charge in [0.2, 0.25) is 5.91 Å². The van der Waals surface area contributed by atoms with Crippen LogP contribution >= 0.6 is 0 Å². The first-order chi connectivity index (χ1) is 21.9. The van der Waals surface area contributed by atoms with Gasteiger partial charge in [0.25, 0.3) is 0 Å². The van der Waals surface area contributed by atoms with Crippen LogP contribution in [-0.4, -0.2) is 62.6 Å². The maximum atomic E-state index is 13.5. The number of nitrogens with one attached hydrogen (secondary N) is 4. The summed E-state index contributed by atoms with van der Waals surface area (Å²) in [5.41, 5.74) is 6.38. The van der Waals surface area contributed by atoms with E-state index in [2.05, 4.69) is 74.1 Å². The fourth-order valence-corrected chi connectivity index (χ4v) is 7.33. The number of hydrogen-bond acceptors (Lipinski definition) is 6. The first-order valence-electron chi connectivity index (χ1n) is 16.1. The number of carbonyl (C=O) groups is 2. The third kappa shape index (κ3) is 5.75. The zero-order valence-electron chi connectivity index (χ0n) is 26.0. The van der Waals surface area contributed by atoms with Crippen LogP contribution in [0.5, 0.6) is 0 Å². The largest absolute Gasteiger partial charge is 0.453 e. The second-order valence-electron chi connectivity index (χ2n) is 13.0. The van der Waals surface area contributed by atoms with E-state index in [0.717, 1.165) is 58.1 Å². The lowest BCUT2D eigenvalue weighted by molar-refractivity contribution is -0.135. The van der Waals surface area contributed by atoms with Gasteiger partial charge in [0.1, 0.15) is 17.7 Å². The molecule has 3 aliphatic rings. The Morgan fingerprint density at radius 1 is 0.867 bits per heavy atom. The first kappa shape index (κ1) is 29.3. The topological polar surface area (TPSA) is 128 Å². The Kier molecular flexibility index (Phi) is 7.91. The number of nitrogens with zero attached hydrogens (tertiary/aromatic N) is 3. The quantitative estimate of drug-likeness (QED) is 0.195. The highest BCUT2D eigenvalue weighted by atomic mass is 16.5. The zero-order valence-corrected chi connectivity index (χ0v) is 26.0. The fraction of sp³-hybridized carbons (Fsp3) is 0.429. The molecule has 234 valence electrons. The predicted molar refractivity (Wildman–Crippen MR) is 172 cm³/mol. The number of carbonyl (C=O) groups excluding carboxylic acids is 2. The van der Waals surface area contributed by atoms with Gasteiger partial charge in [0.05, 0.1) is 43.0 Å². The standard InChI is InChI=1S/C35H41N7O3/c1-20(2)30(41-35(44)45-3)34(43)42-16-4-5-29(42)32-36-18-27(39-32)23-10-6-21(7-11-23)22-8-12-24(13-9-22)28-19-37-33(40-28)31-25-14-15-26(17-25)38-31/h6-13,18-20,25-26,29-31,38H,4-5,14-17H2,1-3H3,(H,36,39)(H,37,40)(H,41,44)/t25?,26?,29-,30-,31?/m0/s1. The van der Waals surface area contributed by atoms with Crippen LogP contribution in [0, 0.1) is 11.8 Å². The number of hydrogen-bond donors (Lipinski definition) is 4. The van der Waals surface area contributed by atoms with Crippen molar-refractivity contribution in [3.63, 3.8) is 0 Å². The van der Waals surface area contributed by atoms with E-state index >= 15 is 0 Å². The molecule has 0 spiro atoms. The smallest absolute Gasteiger partial charge is 0.407 e. The Hall–Kier alpha value is -4.44. The maximum Gasteiger partial charge on any atom is 0.407 e. The van der Waals surface area contributed by atoms with Gasteiger partial charge in [-0.05, 0) is 66.2 Å². The van der Waals surface area contributed by atoms with Crippen LogP contribution in [0.15, 0.2) is 60.9 Å². The Bertz CT molecular complexity index is 1660. The number of likely N-dealkylation sites (tertiary alicyclic amines) is 1. The third-order valence-electron chi connectivity index (χ3n) is 9.81. The van der Waals surface area contributed by atoms with Crippen molar-refractivity contribution < 1.29 is 14.3 Å². The lowest BCUT2D eigenvalue weighted by Gasteiger charge is -2.30. The van der Waals surface area contributed by atoms with Gasteiger partial charge in [-0.1, -0.05) is 62.4 Å². The van der Waals surface area contributed by atoms with Gasteiger partial charge in [-0.3, -0.25) is 4.79 Å². The van der Waals surface area contributed by atoms with Gasteiger partial charge in [0, 0.05) is 12.6 Å².